The number of amides is 1. The first kappa shape index (κ1) is 16.1. The van der Waals surface area contributed by atoms with E-state index in [-0.39, 0.29) is 12.1 Å². The molecule has 0 aromatic carbocycles. The van der Waals surface area contributed by atoms with Crippen molar-refractivity contribution in [3.63, 3.8) is 0 Å². The number of aryl methyl sites for hydroxylation is 1. The van der Waals surface area contributed by atoms with Crippen LogP contribution in [0.15, 0.2) is 16.7 Å². The van der Waals surface area contributed by atoms with Gasteiger partial charge in [0.15, 0.2) is 0 Å². The number of likely N-dealkylation sites (tertiary alicyclic amines) is 1. The molecule has 1 saturated heterocycles. The lowest BCUT2D eigenvalue weighted by molar-refractivity contribution is -0.0141. The Balaban J connectivity index is 1.86. The first-order valence-corrected chi connectivity index (χ1v) is 7.80. The Morgan fingerprint density at radius 3 is 2.76 bits per heavy atom. The van der Waals surface area contributed by atoms with E-state index >= 15 is 0 Å². The number of rotatable bonds is 3. The Kier molecular flexibility index (Phi) is 4.76. The van der Waals surface area contributed by atoms with Gasteiger partial charge < -0.3 is 14.4 Å². The first-order chi connectivity index (χ1) is 9.76. The second kappa shape index (κ2) is 6.22. The molecule has 0 radical (unpaired) electrons. The lowest BCUT2D eigenvalue weighted by Gasteiger charge is -2.40. The molecule has 21 heavy (non-hydrogen) atoms. The summed E-state index contributed by atoms with van der Waals surface area (Å²) in [6.07, 6.45) is 2.35. The molecule has 1 atom stereocenters. The number of ether oxygens (including phenoxy) is 2. The predicted molar refractivity (Wildman–Crippen MR) is 83.5 cm³/mol. The molecule has 0 spiro atoms. The van der Waals surface area contributed by atoms with Crippen molar-refractivity contribution in [3.05, 3.63) is 22.4 Å². The number of pyridine rings is 1. The van der Waals surface area contributed by atoms with Gasteiger partial charge in [-0.2, -0.15) is 0 Å². The second-order valence-corrected chi connectivity index (χ2v) is 7.02. The summed E-state index contributed by atoms with van der Waals surface area (Å²) < 4.78 is 12.0. The van der Waals surface area contributed by atoms with Crippen LogP contribution in [-0.4, -0.2) is 40.8 Å². The smallest absolute Gasteiger partial charge is 0.410 e. The Labute approximate surface area is 133 Å². The van der Waals surface area contributed by atoms with Crippen LogP contribution in [0.25, 0.3) is 0 Å². The molecule has 1 aliphatic heterocycles. The van der Waals surface area contributed by atoms with Crippen LogP contribution >= 0.6 is 15.9 Å². The number of hydrogen-bond acceptors (Lipinski definition) is 4. The van der Waals surface area contributed by atoms with Gasteiger partial charge in [0.1, 0.15) is 18.0 Å². The van der Waals surface area contributed by atoms with E-state index in [4.69, 9.17) is 9.47 Å². The summed E-state index contributed by atoms with van der Waals surface area (Å²) in [4.78, 5) is 17.9. The van der Waals surface area contributed by atoms with Gasteiger partial charge in [0.2, 0.25) is 0 Å². The van der Waals surface area contributed by atoms with Gasteiger partial charge in [0, 0.05) is 11.0 Å². The van der Waals surface area contributed by atoms with Gasteiger partial charge in [0.25, 0.3) is 0 Å². The Bertz CT molecular complexity index is 528. The highest BCUT2D eigenvalue weighted by Gasteiger charge is 2.35. The second-order valence-electron chi connectivity index (χ2n) is 6.17. The SMILES string of the molecule is Cc1ncc(OC[C@@H]2CCN2C(=O)OC(C)(C)C)cc1Br. The highest BCUT2D eigenvalue weighted by molar-refractivity contribution is 9.10. The fourth-order valence-corrected chi connectivity index (χ4v) is 2.26. The average Bonchev–Trinajstić information content (AvgIpc) is 2.30. The summed E-state index contributed by atoms with van der Waals surface area (Å²) in [5, 5.41) is 0. The lowest BCUT2D eigenvalue weighted by Crippen LogP contribution is -2.55. The van der Waals surface area contributed by atoms with E-state index in [2.05, 4.69) is 20.9 Å². The molecule has 0 N–H and O–H groups in total. The van der Waals surface area contributed by atoms with Crippen LogP contribution in [0.1, 0.15) is 32.9 Å². The van der Waals surface area contributed by atoms with Crippen molar-refractivity contribution in [2.24, 2.45) is 0 Å². The zero-order chi connectivity index (χ0) is 15.6. The molecular formula is C15H21BrN2O3. The van der Waals surface area contributed by atoms with E-state index in [1.165, 1.54) is 0 Å². The number of nitrogens with zero attached hydrogens (tertiary/aromatic N) is 2. The zero-order valence-electron chi connectivity index (χ0n) is 12.9. The van der Waals surface area contributed by atoms with Crippen LogP contribution in [0.4, 0.5) is 4.79 Å². The molecule has 1 aliphatic rings. The molecule has 0 unspecified atom stereocenters. The summed E-state index contributed by atoms with van der Waals surface area (Å²) >= 11 is 3.43. The summed E-state index contributed by atoms with van der Waals surface area (Å²) in [5.74, 6) is 0.698. The van der Waals surface area contributed by atoms with Gasteiger partial charge in [0.05, 0.1) is 17.9 Å². The van der Waals surface area contributed by atoms with Crippen molar-refractivity contribution < 1.29 is 14.3 Å². The molecular weight excluding hydrogens is 336 g/mol. The van der Waals surface area contributed by atoms with Crippen LogP contribution in [-0.2, 0) is 4.74 Å². The van der Waals surface area contributed by atoms with Gasteiger partial charge in [-0.1, -0.05) is 0 Å². The fourth-order valence-electron chi connectivity index (χ4n) is 1.94. The monoisotopic (exact) mass is 356 g/mol. The quantitative estimate of drug-likeness (QED) is 0.830. The topological polar surface area (TPSA) is 51.7 Å². The molecule has 5 nitrogen and oxygen atoms in total. The van der Waals surface area contributed by atoms with Gasteiger partial charge >= 0.3 is 6.09 Å². The molecule has 116 valence electrons. The van der Waals surface area contributed by atoms with E-state index in [0.717, 1.165) is 23.1 Å². The Hall–Kier alpha value is -1.30. The van der Waals surface area contributed by atoms with Gasteiger partial charge in [-0.3, -0.25) is 4.98 Å². The molecule has 0 saturated carbocycles. The third-order valence-electron chi connectivity index (χ3n) is 3.21. The number of halogens is 1. The third-order valence-corrected chi connectivity index (χ3v) is 4.02. The van der Waals surface area contributed by atoms with Gasteiger partial charge in [-0.05, 0) is 56.1 Å². The van der Waals surface area contributed by atoms with Crippen molar-refractivity contribution in [1.82, 2.24) is 9.88 Å². The number of carbonyl (C=O) groups excluding carboxylic acids is 1. The summed E-state index contributed by atoms with van der Waals surface area (Å²) in [7, 11) is 0. The van der Waals surface area contributed by atoms with Gasteiger partial charge in [-0.25, -0.2) is 4.79 Å². The molecule has 1 aromatic rings. The average molecular weight is 357 g/mol. The number of aromatic nitrogens is 1. The van der Waals surface area contributed by atoms with E-state index in [0.29, 0.717) is 12.4 Å². The summed E-state index contributed by atoms with van der Waals surface area (Å²) in [5.41, 5.74) is 0.450. The van der Waals surface area contributed by atoms with Crippen molar-refractivity contribution in [2.75, 3.05) is 13.2 Å². The highest BCUT2D eigenvalue weighted by atomic mass is 79.9. The number of hydrogen-bond donors (Lipinski definition) is 0. The molecule has 1 fully saturated rings. The standard InChI is InChI=1S/C15H21BrN2O3/c1-10-13(16)7-12(8-17-10)20-9-11-5-6-18(11)14(19)21-15(2,3)4/h7-8,11H,5-6,9H2,1-4H3/t11-/m0/s1. The van der Waals surface area contributed by atoms with E-state index in [9.17, 15) is 4.79 Å². The normalized spacial score (nSPS) is 18.1. The minimum Gasteiger partial charge on any atom is -0.490 e. The lowest BCUT2D eigenvalue weighted by atomic mass is 10.1. The van der Waals surface area contributed by atoms with E-state index < -0.39 is 5.60 Å². The zero-order valence-corrected chi connectivity index (χ0v) is 14.4. The van der Waals surface area contributed by atoms with Crippen LogP contribution < -0.4 is 4.74 Å². The minimum atomic E-state index is -0.468. The summed E-state index contributed by atoms with van der Waals surface area (Å²) in [6, 6.07) is 1.96. The minimum absolute atomic E-state index is 0.0694. The molecule has 1 aromatic heterocycles. The van der Waals surface area contributed by atoms with Crippen LogP contribution in [0, 0.1) is 6.92 Å². The van der Waals surface area contributed by atoms with E-state index in [1.807, 2.05) is 33.8 Å². The van der Waals surface area contributed by atoms with Crippen LogP contribution in [0.3, 0.4) is 0 Å². The van der Waals surface area contributed by atoms with Crippen LogP contribution in [0.2, 0.25) is 0 Å². The van der Waals surface area contributed by atoms with Crippen molar-refractivity contribution in [2.45, 2.75) is 45.8 Å². The van der Waals surface area contributed by atoms with Crippen LogP contribution in [0.5, 0.6) is 5.75 Å². The first-order valence-electron chi connectivity index (χ1n) is 7.01. The molecule has 1 amide bonds. The largest absolute Gasteiger partial charge is 0.490 e. The molecule has 0 bridgehead atoms. The molecule has 2 heterocycles. The van der Waals surface area contributed by atoms with Crippen molar-refractivity contribution in [1.29, 1.82) is 0 Å². The van der Waals surface area contributed by atoms with Crippen molar-refractivity contribution in [3.8, 4) is 5.75 Å². The molecule has 2 rings (SSSR count). The van der Waals surface area contributed by atoms with Crippen molar-refractivity contribution >= 4 is 22.0 Å². The highest BCUT2D eigenvalue weighted by Crippen LogP contribution is 2.24. The maximum absolute atomic E-state index is 12.0. The fraction of sp³-hybridized carbons (Fsp3) is 0.600. The van der Waals surface area contributed by atoms with E-state index in [1.54, 1.807) is 11.1 Å². The molecule has 0 aliphatic carbocycles. The maximum atomic E-state index is 12.0. The third kappa shape index (κ3) is 4.33. The predicted octanol–water partition coefficient (Wildman–Crippen LogP) is 3.54. The Morgan fingerprint density at radius 1 is 1.52 bits per heavy atom. The van der Waals surface area contributed by atoms with Gasteiger partial charge in [-0.15, -0.1) is 0 Å². The molecule has 6 heteroatoms. The Morgan fingerprint density at radius 2 is 2.24 bits per heavy atom. The maximum Gasteiger partial charge on any atom is 0.410 e. The summed E-state index contributed by atoms with van der Waals surface area (Å²) in [6.45, 7) is 8.70. The number of carbonyl (C=O) groups is 1.